The van der Waals surface area contributed by atoms with Gasteiger partial charge in [-0.05, 0) is 60.1 Å². The highest BCUT2D eigenvalue weighted by Gasteiger charge is 2.30. The molecule has 7 heteroatoms. The zero-order chi connectivity index (χ0) is 14.7. The summed E-state index contributed by atoms with van der Waals surface area (Å²) < 4.78 is 0.896. The van der Waals surface area contributed by atoms with Crippen LogP contribution >= 0.6 is 34.2 Å². The highest BCUT2D eigenvalue weighted by Crippen LogP contribution is 2.23. The number of piperidine rings is 1. The number of carbonyl (C=O) groups is 1. The number of benzene rings is 1. The van der Waals surface area contributed by atoms with Crippen LogP contribution in [0.2, 0.25) is 5.02 Å². The highest BCUT2D eigenvalue weighted by molar-refractivity contribution is 14.1. The molecule has 0 aliphatic carbocycles. The molecule has 0 aromatic heterocycles. The number of oxime groups is 1. The van der Waals surface area contributed by atoms with Gasteiger partial charge in [-0.2, -0.15) is 0 Å². The van der Waals surface area contributed by atoms with Crippen molar-refractivity contribution in [1.29, 1.82) is 0 Å². The van der Waals surface area contributed by atoms with E-state index >= 15 is 0 Å². The maximum absolute atomic E-state index is 12.6. The molecule has 1 fully saturated rings. The molecule has 1 aromatic carbocycles. The van der Waals surface area contributed by atoms with Crippen LogP contribution in [0.15, 0.2) is 23.4 Å². The lowest BCUT2D eigenvalue weighted by Crippen LogP contribution is -2.50. The average Bonchev–Trinajstić information content (AvgIpc) is 2.48. The lowest BCUT2D eigenvalue weighted by atomic mass is 10.00. The van der Waals surface area contributed by atoms with E-state index in [2.05, 4.69) is 27.7 Å². The summed E-state index contributed by atoms with van der Waals surface area (Å²) in [4.78, 5) is 14.2. The van der Waals surface area contributed by atoms with Crippen LogP contribution in [0.4, 0.5) is 0 Å². The molecule has 5 nitrogen and oxygen atoms in total. The van der Waals surface area contributed by atoms with Crippen LogP contribution in [0.5, 0.6) is 0 Å². The van der Waals surface area contributed by atoms with Crippen LogP contribution in [-0.2, 0) is 0 Å². The van der Waals surface area contributed by atoms with Crippen molar-refractivity contribution in [2.24, 2.45) is 10.9 Å². The van der Waals surface area contributed by atoms with Gasteiger partial charge >= 0.3 is 0 Å². The Balaban J connectivity index is 2.27. The molecule has 1 saturated heterocycles. The average molecular weight is 408 g/mol. The largest absolute Gasteiger partial charge is 0.409 e. The molecule has 3 N–H and O–H groups in total. The van der Waals surface area contributed by atoms with E-state index < -0.39 is 0 Å². The lowest BCUT2D eigenvalue weighted by molar-refractivity contribution is 0.0676. The summed E-state index contributed by atoms with van der Waals surface area (Å²) >= 11 is 8.17. The van der Waals surface area contributed by atoms with Gasteiger partial charge in [0.2, 0.25) is 0 Å². The second-order valence-electron chi connectivity index (χ2n) is 4.66. The van der Waals surface area contributed by atoms with Gasteiger partial charge in [0.05, 0.1) is 11.1 Å². The minimum Gasteiger partial charge on any atom is -0.409 e. The summed E-state index contributed by atoms with van der Waals surface area (Å²) in [6.07, 6.45) is 2.58. The van der Waals surface area contributed by atoms with E-state index in [0.29, 0.717) is 23.6 Å². The molecule has 0 radical (unpaired) electrons. The number of hydrogen-bond acceptors (Lipinski definition) is 3. The maximum Gasteiger partial charge on any atom is 0.254 e. The summed E-state index contributed by atoms with van der Waals surface area (Å²) in [6.45, 7) is 0.601. The first kappa shape index (κ1) is 15.4. The van der Waals surface area contributed by atoms with E-state index in [1.165, 1.54) is 0 Å². The van der Waals surface area contributed by atoms with Crippen LogP contribution in [0, 0.1) is 3.57 Å². The van der Waals surface area contributed by atoms with Gasteiger partial charge in [-0.1, -0.05) is 16.8 Å². The number of nitrogens with zero attached hydrogens (tertiary/aromatic N) is 2. The number of amides is 1. The Morgan fingerprint density at radius 2 is 2.25 bits per heavy atom. The molecule has 1 aromatic rings. The third-order valence-corrected chi connectivity index (χ3v) is 4.96. The van der Waals surface area contributed by atoms with Gasteiger partial charge in [0.25, 0.3) is 5.91 Å². The van der Waals surface area contributed by atoms with Crippen LogP contribution < -0.4 is 5.73 Å². The summed E-state index contributed by atoms with van der Waals surface area (Å²) in [5.41, 5.74) is 6.21. The van der Waals surface area contributed by atoms with E-state index in [0.717, 1.165) is 16.4 Å². The van der Waals surface area contributed by atoms with Crippen molar-refractivity contribution >= 4 is 45.9 Å². The molecule has 1 atom stereocenters. The quantitative estimate of drug-likeness (QED) is 0.260. The first-order valence-electron chi connectivity index (χ1n) is 6.28. The van der Waals surface area contributed by atoms with Crippen molar-refractivity contribution in [3.63, 3.8) is 0 Å². The van der Waals surface area contributed by atoms with Crippen molar-refractivity contribution in [2.75, 3.05) is 6.54 Å². The van der Waals surface area contributed by atoms with E-state index in [1.54, 1.807) is 23.1 Å². The monoisotopic (exact) mass is 407 g/mol. The van der Waals surface area contributed by atoms with Crippen molar-refractivity contribution < 1.29 is 10.0 Å². The summed E-state index contributed by atoms with van der Waals surface area (Å²) in [5.74, 6) is -0.0609. The number of likely N-dealkylation sites (tertiary alicyclic amines) is 1. The first-order chi connectivity index (χ1) is 9.54. The smallest absolute Gasteiger partial charge is 0.254 e. The van der Waals surface area contributed by atoms with Gasteiger partial charge in [-0.15, -0.1) is 0 Å². The maximum atomic E-state index is 12.6. The summed E-state index contributed by atoms with van der Waals surface area (Å²) in [5, 5.41) is 12.4. The fourth-order valence-corrected chi connectivity index (χ4v) is 2.86. The fourth-order valence-electron chi connectivity index (χ4n) is 2.34. The summed E-state index contributed by atoms with van der Waals surface area (Å²) in [6, 6.07) is 4.86. The van der Waals surface area contributed by atoms with E-state index in [1.807, 2.05) is 0 Å². The van der Waals surface area contributed by atoms with Crippen molar-refractivity contribution in [2.45, 2.75) is 25.3 Å². The SMILES string of the molecule is N/C(=N/O)C1CCCCN1C(=O)c1ccc(I)c(Cl)c1. The standard InChI is InChI=1S/C13H15ClIN3O2/c14-9-7-8(4-5-10(9)15)13(19)18-6-2-1-3-11(18)12(16)17-20/h4-5,7,11,20H,1-3,6H2,(H2,16,17). The first-order valence-corrected chi connectivity index (χ1v) is 7.73. The van der Waals surface area contributed by atoms with Gasteiger partial charge in [0.1, 0.15) is 0 Å². The summed E-state index contributed by atoms with van der Waals surface area (Å²) in [7, 11) is 0. The van der Waals surface area contributed by atoms with E-state index in [9.17, 15) is 4.79 Å². The Labute approximate surface area is 135 Å². The Hall–Kier alpha value is -1.02. The number of nitrogens with two attached hydrogens (primary N) is 1. The second-order valence-corrected chi connectivity index (χ2v) is 6.23. The zero-order valence-corrected chi connectivity index (χ0v) is 13.6. The van der Waals surface area contributed by atoms with Gasteiger partial charge in [-0.3, -0.25) is 4.79 Å². The number of amidine groups is 1. The second kappa shape index (κ2) is 6.62. The molecular weight excluding hydrogens is 393 g/mol. The lowest BCUT2D eigenvalue weighted by Gasteiger charge is -2.34. The van der Waals surface area contributed by atoms with E-state index in [4.69, 9.17) is 22.5 Å². The highest BCUT2D eigenvalue weighted by atomic mass is 127. The van der Waals surface area contributed by atoms with Crippen LogP contribution in [0.3, 0.4) is 0 Å². The molecule has 108 valence electrons. The van der Waals surface area contributed by atoms with E-state index in [-0.39, 0.29) is 17.8 Å². The molecule has 0 bridgehead atoms. The zero-order valence-electron chi connectivity index (χ0n) is 10.7. The number of hydrogen-bond donors (Lipinski definition) is 2. The van der Waals surface area contributed by atoms with Gasteiger partial charge in [0.15, 0.2) is 5.84 Å². The third kappa shape index (κ3) is 3.17. The molecule has 1 aliphatic rings. The Kier molecular flexibility index (Phi) is 5.09. The Morgan fingerprint density at radius 3 is 2.90 bits per heavy atom. The van der Waals surface area contributed by atoms with Gasteiger partial charge < -0.3 is 15.8 Å². The van der Waals surface area contributed by atoms with Crippen molar-refractivity contribution in [3.05, 3.63) is 32.4 Å². The predicted octanol–water partition coefficient (Wildman–Crippen LogP) is 2.69. The fraction of sp³-hybridized carbons (Fsp3) is 0.385. The van der Waals surface area contributed by atoms with Crippen LogP contribution in [-0.4, -0.2) is 34.4 Å². The van der Waals surface area contributed by atoms with Gasteiger partial charge in [-0.25, -0.2) is 0 Å². The molecule has 2 rings (SSSR count). The van der Waals surface area contributed by atoms with Crippen LogP contribution in [0.1, 0.15) is 29.6 Å². The normalized spacial score (nSPS) is 20.0. The van der Waals surface area contributed by atoms with Crippen molar-refractivity contribution in [1.82, 2.24) is 4.90 Å². The van der Waals surface area contributed by atoms with Gasteiger partial charge in [0, 0.05) is 15.7 Å². The molecular formula is C13H15ClIN3O2. The molecule has 1 heterocycles. The number of rotatable bonds is 2. The molecule has 1 unspecified atom stereocenters. The molecule has 1 aliphatic heterocycles. The Morgan fingerprint density at radius 1 is 1.50 bits per heavy atom. The number of carbonyl (C=O) groups excluding carboxylic acids is 1. The third-order valence-electron chi connectivity index (χ3n) is 3.39. The molecule has 0 spiro atoms. The Bertz CT molecular complexity index is 550. The minimum atomic E-state index is -0.348. The van der Waals surface area contributed by atoms with Crippen LogP contribution in [0.25, 0.3) is 0 Å². The molecule has 20 heavy (non-hydrogen) atoms. The predicted molar refractivity (Wildman–Crippen MR) is 86.3 cm³/mol. The molecule has 0 saturated carbocycles. The topological polar surface area (TPSA) is 78.9 Å². The minimum absolute atomic E-state index is 0.0784. The number of halogens is 2. The molecule has 1 amide bonds. The van der Waals surface area contributed by atoms with Crippen molar-refractivity contribution in [3.8, 4) is 0 Å².